The Morgan fingerprint density at radius 1 is 1.42 bits per heavy atom. The van der Waals surface area contributed by atoms with E-state index < -0.39 is 0 Å². The van der Waals surface area contributed by atoms with E-state index in [0.29, 0.717) is 0 Å². The first-order valence-electron chi connectivity index (χ1n) is 6.62. The minimum Gasteiger partial charge on any atom is -0.339 e. The van der Waals surface area contributed by atoms with Gasteiger partial charge >= 0.3 is 0 Å². The minimum absolute atomic E-state index is 0.240. The number of piperidine rings is 1. The van der Waals surface area contributed by atoms with E-state index in [1.54, 1.807) is 11.3 Å². The number of thiophene rings is 1. The third-order valence-corrected chi connectivity index (χ3v) is 4.52. The molecular weight excluding hydrogens is 256 g/mol. The molecule has 4 nitrogen and oxygen atoms in total. The van der Waals surface area contributed by atoms with Gasteiger partial charge in [0.2, 0.25) is 5.95 Å². The van der Waals surface area contributed by atoms with Gasteiger partial charge in [-0.3, -0.25) is 0 Å². The standard InChI is InChI=1S/C14H18N4S/c1-10-5-8-19-13(10)12-4-6-16-14(17-12)18-7-2-3-11(15)9-18/h4-6,8,11H,2-3,7,9,15H2,1H3. The van der Waals surface area contributed by atoms with Gasteiger partial charge in [0.1, 0.15) is 0 Å². The van der Waals surface area contributed by atoms with Crippen LogP contribution >= 0.6 is 11.3 Å². The molecule has 1 aliphatic rings. The van der Waals surface area contributed by atoms with Crippen LogP contribution in [-0.4, -0.2) is 29.1 Å². The monoisotopic (exact) mass is 274 g/mol. The third kappa shape index (κ3) is 2.62. The van der Waals surface area contributed by atoms with Gasteiger partial charge in [-0.25, -0.2) is 9.97 Å². The van der Waals surface area contributed by atoms with E-state index in [9.17, 15) is 0 Å². The largest absolute Gasteiger partial charge is 0.339 e. The van der Waals surface area contributed by atoms with Crippen LogP contribution in [0.4, 0.5) is 5.95 Å². The molecule has 0 bridgehead atoms. The van der Waals surface area contributed by atoms with Crippen molar-refractivity contribution in [2.45, 2.75) is 25.8 Å². The lowest BCUT2D eigenvalue weighted by Gasteiger charge is -2.30. The zero-order chi connectivity index (χ0) is 13.2. The molecule has 2 aromatic heterocycles. The van der Waals surface area contributed by atoms with Gasteiger partial charge in [0, 0.05) is 25.3 Å². The van der Waals surface area contributed by atoms with Crippen LogP contribution in [0, 0.1) is 6.92 Å². The molecule has 1 unspecified atom stereocenters. The van der Waals surface area contributed by atoms with Crippen molar-refractivity contribution in [3.8, 4) is 10.6 Å². The summed E-state index contributed by atoms with van der Waals surface area (Å²) in [5.74, 6) is 0.806. The smallest absolute Gasteiger partial charge is 0.225 e. The van der Waals surface area contributed by atoms with Gasteiger partial charge in [-0.2, -0.15) is 0 Å². The number of nitrogens with zero attached hydrogens (tertiary/aromatic N) is 3. The second-order valence-corrected chi connectivity index (χ2v) is 5.94. The summed E-state index contributed by atoms with van der Waals surface area (Å²) in [6, 6.07) is 4.34. The Labute approximate surface area is 117 Å². The van der Waals surface area contributed by atoms with Crippen LogP contribution in [-0.2, 0) is 0 Å². The minimum atomic E-state index is 0.240. The fraction of sp³-hybridized carbons (Fsp3) is 0.429. The molecule has 1 aliphatic heterocycles. The predicted octanol–water partition coefficient (Wildman–Crippen LogP) is 2.44. The maximum Gasteiger partial charge on any atom is 0.225 e. The number of hydrogen-bond donors (Lipinski definition) is 1. The van der Waals surface area contributed by atoms with Crippen molar-refractivity contribution in [2.24, 2.45) is 5.73 Å². The summed E-state index contributed by atoms with van der Waals surface area (Å²) < 4.78 is 0. The van der Waals surface area contributed by atoms with E-state index in [-0.39, 0.29) is 6.04 Å². The number of rotatable bonds is 2. The fourth-order valence-electron chi connectivity index (χ4n) is 2.45. The normalized spacial score (nSPS) is 19.7. The molecule has 0 amide bonds. The molecule has 3 heterocycles. The molecule has 5 heteroatoms. The number of aryl methyl sites for hydroxylation is 1. The van der Waals surface area contributed by atoms with Crippen LogP contribution < -0.4 is 10.6 Å². The topological polar surface area (TPSA) is 55.0 Å². The molecular formula is C14H18N4S. The highest BCUT2D eigenvalue weighted by molar-refractivity contribution is 7.13. The van der Waals surface area contributed by atoms with Crippen molar-refractivity contribution >= 4 is 17.3 Å². The molecule has 3 rings (SSSR count). The van der Waals surface area contributed by atoms with Gasteiger partial charge in [-0.05, 0) is 42.8 Å². The molecule has 1 saturated heterocycles. The van der Waals surface area contributed by atoms with Crippen LogP contribution in [0.3, 0.4) is 0 Å². The number of hydrogen-bond acceptors (Lipinski definition) is 5. The lowest BCUT2D eigenvalue weighted by Crippen LogP contribution is -2.43. The molecule has 0 radical (unpaired) electrons. The summed E-state index contributed by atoms with van der Waals surface area (Å²) in [6.45, 7) is 3.97. The van der Waals surface area contributed by atoms with Crippen LogP contribution in [0.5, 0.6) is 0 Å². The lowest BCUT2D eigenvalue weighted by atomic mass is 10.1. The highest BCUT2D eigenvalue weighted by Gasteiger charge is 2.19. The lowest BCUT2D eigenvalue weighted by molar-refractivity contribution is 0.500. The predicted molar refractivity (Wildman–Crippen MR) is 79.5 cm³/mol. The third-order valence-electron chi connectivity index (χ3n) is 3.48. The zero-order valence-electron chi connectivity index (χ0n) is 11.0. The highest BCUT2D eigenvalue weighted by Crippen LogP contribution is 2.28. The van der Waals surface area contributed by atoms with Gasteiger partial charge < -0.3 is 10.6 Å². The van der Waals surface area contributed by atoms with Crippen molar-refractivity contribution in [1.82, 2.24) is 9.97 Å². The Morgan fingerprint density at radius 2 is 2.32 bits per heavy atom. The van der Waals surface area contributed by atoms with Gasteiger partial charge in [-0.15, -0.1) is 11.3 Å². The van der Waals surface area contributed by atoms with Crippen molar-refractivity contribution < 1.29 is 0 Å². The Kier molecular flexibility index (Phi) is 3.48. The van der Waals surface area contributed by atoms with Crippen LogP contribution in [0.2, 0.25) is 0 Å². The van der Waals surface area contributed by atoms with E-state index in [0.717, 1.165) is 37.6 Å². The van der Waals surface area contributed by atoms with Crippen molar-refractivity contribution in [1.29, 1.82) is 0 Å². The maximum atomic E-state index is 6.02. The fourth-order valence-corrected chi connectivity index (χ4v) is 3.35. The highest BCUT2D eigenvalue weighted by atomic mass is 32.1. The summed E-state index contributed by atoms with van der Waals surface area (Å²) in [5, 5.41) is 2.10. The van der Waals surface area contributed by atoms with E-state index in [2.05, 4.69) is 28.3 Å². The van der Waals surface area contributed by atoms with Gasteiger partial charge in [0.05, 0.1) is 10.6 Å². The first-order valence-corrected chi connectivity index (χ1v) is 7.50. The summed E-state index contributed by atoms with van der Waals surface area (Å²) in [6.07, 6.45) is 4.06. The molecule has 0 spiro atoms. The molecule has 0 aliphatic carbocycles. The molecule has 2 N–H and O–H groups in total. The Bertz CT molecular complexity index is 566. The van der Waals surface area contributed by atoms with Gasteiger partial charge in [0.25, 0.3) is 0 Å². The zero-order valence-corrected chi connectivity index (χ0v) is 11.9. The van der Waals surface area contributed by atoms with Crippen molar-refractivity contribution in [3.63, 3.8) is 0 Å². The van der Waals surface area contributed by atoms with Gasteiger partial charge in [-0.1, -0.05) is 0 Å². The summed E-state index contributed by atoms with van der Waals surface area (Å²) in [7, 11) is 0. The first kappa shape index (κ1) is 12.6. The quantitative estimate of drug-likeness (QED) is 0.914. The molecule has 0 aromatic carbocycles. The number of nitrogens with two attached hydrogens (primary N) is 1. The Balaban J connectivity index is 1.90. The average Bonchev–Trinajstić information content (AvgIpc) is 2.85. The maximum absolute atomic E-state index is 6.02. The second kappa shape index (κ2) is 5.27. The van der Waals surface area contributed by atoms with Crippen LogP contribution in [0.15, 0.2) is 23.7 Å². The summed E-state index contributed by atoms with van der Waals surface area (Å²) in [5.41, 5.74) is 8.30. The SMILES string of the molecule is Cc1ccsc1-c1ccnc(N2CCCC(N)C2)n1. The number of anilines is 1. The second-order valence-electron chi connectivity index (χ2n) is 5.02. The Morgan fingerprint density at radius 3 is 3.05 bits per heavy atom. The molecule has 1 atom stereocenters. The van der Waals surface area contributed by atoms with Crippen molar-refractivity contribution in [2.75, 3.05) is 18.0 Å². The summed E-state index contributed by atoms with van der Waals surface area (Å²) in [4.78, 5) is 12.5. The van der Waals surface area contributed by atoms with Crippen molar-refractivity contribution in [3.05, 3.63) is 29.3 Å². The van der Waals surface area contributed by atoms with Crippen LogP contribution in [0.1, 0.15) is 18.4 Å². The molecule has 0 saturated carbocycles. The molecule has 19 heavy (non-hydrogen) atoms. The molecule has 100 valence electrons. The average molecular weight is 274 g/mol. The van der Waals surface area contributed by atoms with Crippen LogP contribution in [0.25, 0.3) is 10.6 Å². The first-order chi connectivity index (χ1) is 9.24. The van der Waals surface area contributed by atoms with E-state index in [4.69, 9.17) is 10.7 Å². The molecule has 2 aromatic rings. The number of aromatic nitrogens is 2. The van der Waals surface area contributed by atoms with E-state index in [1.807, 2.05) is 12.3 Å². The molecule has 1 fully saturated rings. The van der Waals surface area contributed by atoms with E-state index in [1.165, 1.54) is 10.4 Å². The summed E-state index contributed by atoms with van der Waals surface area (Å²) >= 11 is 1.73. The van der Waals surface area contributed by atoms with E-state index >= 15 is 0 Å². The van der Waals surface area contributed by atoms with Gasteiger partial charge in [0.15, 0.2) is 0 Å². The Hall–Kier alpha value is -1.46.